The predicted octanol–water partition coefficient (Wildman–Crippen LogP) is 2.37. The number of aryl methyl sites for hydroxylation is 2. The number of amides is 1. The zero-order chi connectivity index (χ0) is 18.0. The lowest BCUT2D eigenvalue weighted by Crippen LogP contribution is -2.27. The largest absolute Gasteiger partial charge is 0.508 e. The average molecular weight is 338 g/mol. The first-order valence-corrected chi connectivity index (χ1v) is 7.88. The zero-order valence-corrected chi connectivity index (χ0v) is 14.0. The van der Waals surface area contributed by atoms with Crippen molar-refractivity contribution in [2.45, 2.75) is 26.8 Å². The fourth-order valence-electron chi connectivity index (χ4n) is 2.71. The number of carbonyl (C=O) groups excluding carboxylic acids is 1. The van der Waals surface area contributed by atoms with Crippen LogP contribution in [0.3, 0.4) is 0 Å². The van der Waals surface area contributed by atoms with Gasteiger partial charge in [-0.25, -0.2) is 4.79 Å². The topological polar surface area (TPSA) is 92.4 Å². The van der Waals surface area contributed by atoms with E-state index in [2.05, 4.69) is 10.3 Å². The van der Waals surface area contributed by atoms with Crippen LogP contribution in [0.2, 0.25) is 0 Å². The van der Waals surface area contributed by atoms with E-state index in [4.69, 9.17) is 4.42 Å². The summed E-state index contributed by atoms with van der Waals surface area (Å²) in [5, 5.41) is 13.3. The van der Waals surface area contributed by atoms with Gasteiger partial charge >= 0.3 is 5.63 Å². The van der Waals surface area contributed by atoms with Gasteiger partial charge in [-0.1, -0.05) is 0 Å². The van der Waals surface area contributed by atoms with Gasteiger partial charge in [0, 0.05) is 29.9 Å². The van der Waals surface area contributed by atoms with E-state index in [0.717, 1.165) is 5.56 Å². The van der Waals surface area contributed by atoms with E-state index in [1.165, 1.54) is 0 Å². The molecule has 2 heterocycles. The molecule has 6 heteroatoms. The van der Waals surface area contributed by atoms with Gasteiger partial charge in [0.25, 0.3) is 0 Å². The molecule has 3 rings (SSSR count). The molecule has 0 bridgehead atoms. The first-order chi connectivity index (χ1) is 12.0. The Labute approximate surface area is 144 Å². The molecule has 0 radical (unpaired) electrons. The lowest BCUT2D eigenvalue weighted by molar-refractivity contribution is -0.120. The highest BCUT2D eigenvalue weighted by Crippen LogP contribution is 2.28. The third kappa shape index (κ3) is 3.38. The molecule has 25 heavy (non-hydrogen) atoms. The number of phenolic OH excluding ortho intramolecular Hbond substituents is 1. The molecular weight excluding hydrogens is 320 g/mol. The van der Waals surface area contributed by atoms with Crippen LogP contribution in [-0.2, 0) is 17.8 Å². The number of hydrogen-bond acceptors (Lipinski definition) is 5. The molecule has 0 unspecified atom stereocenters. The molecule has 1 aromatic carbocycles. The number of phenols is 1. The van der Waals surface area contributed by atoms with Crippen LogP contribution in [-0.4, -0.2) is 16.0 Å². The van der Waals surface area contributed by atoms with Crippen molar-refractivity contribution >= 4 is 16.9 Å². The van der Waals surface area contributed by atoms with Gasteiger partial charge in [0.1, 0.15) is 11.3 Å². The highest BCUT2D eigenvalue weighted by molar-refractivity contribution is 5.87. The van der Waals surface area contributed by atoms with Gasteiger partial charge < -0.3 is 14.8 Å². The van der Waals surface area contributed by atoms with Crippen molar-refractivity contribution in [2.24, 2.45) is 0 Å². The van der Waals surface area contributed by atoms with E-state index < -0.39 is 5.63 Å². The van der Waals surface area contributed by atoms with E-state index >= 15 is 0 Å². The average Bonchev–Trinajstić information content (AvgIpc) is 2.61. The minimum Gasteiger partial charge on any atom is -0.508 e. The highest BCUT2D eigenvalue weighted by Gasteiger charge is 2.16. The number of pyridine rings is 1. The third-order valence-electron chi connectivity index (χ3n) is 4.25. The maximum absolute atomic E-state index is 12.3. The molecule has 0 spiro atoms. The molecule has 0 atom stereocenters. The number of aromatic hydroxyl groups is 1. The molecule has 0 aliphatic carbocycles. The monoisotopic (exact) mass is 338 g/mol. The van der Waals surface area contributed by atoms with Crippen LogP contribution in [0.1, 0.15) is 22.3 Å². The van der Waals surface area contributed by atoms with E-state index in [0.29, 0.717) is 34.2 Å². The van der Waals surface area contributed by atoms with Gasteiger partial charge in [-0.3, -0.25) is 9.78 Å². The molecule has 6 nitrogen and oxygen atoms in total. The third-order valence-corrected chi connectivity index (χ3v) is 4.25. The van der Waals surface area contributed by atoms with Crippen LogP contribution in [0.25, 0.3) is 11.0 Å². The number of hydrogen-bond donors (Lipinski definition) is 2. The second-order valence-electron chi connectivity index (χ2n) is 5.89. The Morgan fingerprint density at radius 2 is 1.88 bits per heavy atom. The lowest BCUT2D eigenvalue weighted by Gasteiger charge is -2.10. The van der Waals surface area contributed by atoms with Gasteiger partial charge in [0.05, 0.1) is 12.0 Å². The number of benzene rings is 1. The summed E-state index contributed by atoms with van der Waals surface area (Å²) in [6.07, 6.45) is 3.25. The van der Waals surface area contributed by atoms with Gasteiger partial charge in [-0.05, 0) is 49.2 Å². The van der Waals surface area contributed by atoms with Crippen LogP contribution < -0.4 is 10.9 Å². The van der Waals surface area contributed by atoms with Crippen LogP contribution >= 0.6 is 0 Å². The molecule has 3 aromatic rings. The summed E-state index contributed by atoms with van der Waals surface area (Å²) in [4.78, 5) is 28.4. The molecule has 0 aliphatic rings. The fourth-order valence-corrected chi connectivity index (χ4v) is 2.71. The molecule has 2 N–H and O–H groups in total. The van der Waals surface area contributed by atoms with E-state index in [1.54, 1.807) is 38.4 Å². The van der Waals surface area contributed by atoms with Gasteiger partial charge in [0.15, 0.2) is 0 Å². The van der Waals surface area contributed by atoms with Gasteiger partial charge in [0.2, 0.25) is 5.91 Å². The molecule has 2 aromatic heterocycles. The van der Waals surface area contributed by atoms with Crippen molar-refractivity contribution in [3.8, 4) is 5.75 Å². The normalized spacial score (nSPS) is 10.8. The first kappa shape index (κ1) is 16.7. The second-order valence-corrected chi connectivity index (χ2v) is 5.89. The summed E-state index contributed by atoms with van der Waals surface area (Å²) >= 11 is 0. The smallest absolute Gasteiger partial charge is 0.340 e. The van der Waals surface area contributed by atoms with Crippen LogP contribution in [0.5, 0.6) is 5.75 Å². The minimum absolute atomic E-state index is 0.0604. The SMILES string of the molecule is Cc1c(CC(=O)NCc2ccncc2)c(=O)oc2c(C)c(O)ccc12. The van der Waals surface area contributed by atoms with Crippen molar-refractivity contribution < 1.29 is 14.3 Å². The quantitative estimate of drug-likeness (QED) is 0.713. The summed E-state index contributed by atoms with van der Waals surface area (Å²) in [6.45, 7) is 3.83. The number of fused-ring (bicyclic) bond motifs is 1. The van der Waals surface area contributed by atoms with E-state index in [1.807, 2.05) is 12.1 Å². The summed E-state index contributed by atoms with van der Waals surface area (Å²) in [5.41, 5.74) is 2.24. The predicted molar refractivity (Wildman–Crippen MR) is 93.4 cm³/mol. The Morgan fingerprint density at radius 1 is 1.16 bits per heavy atom. The summed E-state index contributed by atoms with van der Waals surface area (Å²) < 4.78 is 5.35. The maximum atomic E-state index is 12.3. The Morgan fingerprint density at radius 3 is 2.60 bits per heavy atom. The van der Waals surface area contributed by atoms with Crippen molar-refractivity contribution in [1.29, 1.82) is 0 Å². The number of rotatable bonds is 4. The minimum atomic E-state index is -0.558. The van der Waals surface area contributed by atoms with Gasteiger partial charge in [-0.2, -0.15) is 0 Å². The maximum Gasteiger partial charge on any atom is 0.340 e. The van der Waals surface area contributed by atoms with Gasteiger partial charge in [-0.15, -0.1) is 0 Å². The number of nitrogens with one attached hydrogen (secondary N) is 1. The summed E-state index contributed by atoms with van der Waals surface area (Å²) in [7, 11) is 0. The summed E-state index contributed by atoms with van der Waals surface area (Å²) in [5.74, 6) is -0.194. The van der Waals surface area contributed by atoms with Crippen LogP contribution in [0, 0.1) is 13.8 Å². The van der Waals surface area contributed by atoms with E-state index in [9.17, 15) is 14.7 Å². The van der Waals surface area contributed by atoms with Crippen LogP contribution in [0.15, 0.2) is 45.9 Å². The Bertz CT molecular complexity index is 994. The van der Waals surface area contributed by atoms with Crippen molar-refractivity contribution in [1.82, 2.24) is 10.3 Å². The van der Waals surface area contributed by atoms with E-state index in [-0.39, 0.29) is 18.1 Å². The highest BCUT2D eigenvalue weighted by atomic mass is 16.4. The molecule has 1 amide bonds. The molecule has 128 valence electrons. The standard InChI is InChI=1S/C19H18N2O4/c1-11-14-3-4-16(22)12(2)18(14)25-19(24)15(11)9-17(23)21-10-13-5-7-20-8-6-13/h3-8,22H,9-10H2,1-2H3,(H,21,23). The fraction of sp³-hybridized carbons (Fsp3) is 0.211. The molecular formula is C19H18N2O4. The second kappa shape index (κ2) is 6.76. The Kier molecular flexibility index (Phi) is 4.52. The molecule has 0 saturated heterocycles. The summed E-state index contributed by atoms with van der Waals surface area (Å²) in [6, 6.07) is 6.86. The van der Waals surface area contributed by atoms with Crippen LogP contribution in [0.4, 0.5) is 0 Å². The first-order valence-electron chi connectivity index (χ1n) is 7.88. The zero-order valence-electron chi connectivity index (χ0n) is 14.0. The molecule has 0 aliphatic heterocycles. The lowest BCUT2D eigenvalue weighted by atomic mass is 10.0. The Balaban J connectivity index is 1.85. The van der Waals surface area contributed by atoms with Crippen molar-refractivity contribution in [3.63, 3.8) is 0 Å². The number of nitrogens with zero attached hydrogens (tertiary/aromatic N) is 1. The number of aromatic nitrogens is 1. The Hall–Kier alpha value is -3.15. The van der Waals surface area contributed by atoms with Crippen molar-refractivity contribution in [2.75, 3.05) is 0 Å². The van der Waals surface area contributed by atoms with Crippen molar-refractivity contribution in [3.05, 3.63) is 69.3 Å². The molecule has 0 fully saturated rings. The number of carbonyl (C=O) groups is 1. The molecule has 0 saturated carbocycles.